The van der Waals surface area contributed by atoms with Gasteiger partial charge in [-0.05, 0) is 42.2 Å². The van der Waals surface area contributed by atoms with Gasteiger partial charge in [-0.15, -0.1) is 5.10 Å². The highest BCUT2D eigenvalue weighted by Crippen LogP contribution is 2.28. The molecule has 0 aliphatic carbocycles. The van der Waals surface area contributed by atoms with Gasteiger partial charge in [-0.25, -0.2) is 14.5 Å². The summed E-state index contributed by atoms with van der Waals surface area (Å²) in [5.41, 5.74) is 3.95. The summed E-state index contributed by atoms with van der Waals surface area (Å²) < 4.78 is 7.60. The van der Waals surface area contributed by atoms with Gasteiger partial charge in [0.1, 0.15) is 18.7 Å². The maximum absolute atomic E-state index is 10.4. The molecule has 0 spiro atoms. The second-order valence-corrected chi connectivity index (χ2v) is 8.38. The van der Waals surface area contributed by atoms with Crippen molar-refractivity contribution < 1.29 is 9.84 Å². The average molecular weight is 409 g/mol. The maximum Gasteiger partial charge on any atom is 0.209 e. The zero-order chi connectivity index (χ0) is 20.4. The predicted octanol–water partition coefficient (Wildman–Crippen LogP) is 4.24. The van der Waals surface area contributed by atoms with E-state index in [2.05, 4.69) is 41.0 Å². The molecule has 1 N–H and O–H groups in total. The Kier molecular flexibility index (Phi) is 5.69. The number of rotatable bonds is 7. The van der Waals surface area contributed by atoms with Crippen molar-refractivity contribution in [3.8, 4) is 5.75 Å². The molecule has 0 bridgehead atoms. The lowest BCUT2D eigenvalue weighted by Gasteiger charge is -2.17. The lowest BCUT2D eigenvalue weighted by molar-refractivity contribution is 0.125. The van der Waals surface area contributed by atoms with E-state index >= 15 is 0 Å². The van der Waals surface area contributed by atoms with E-state index in [9.17, 15) is 5.11 Å². The summed E-state index contributed by atoms with van der Waals surface area (Å²) in [6.07, 6.45) is 1.04. The van der Waals surface area contributed by atoms with Crippen molar-refractivity contribution in [3.63, 3.8) is 0 Å². The largest absolute Gasteiger partial charge is 0.491 e. The lowest BCUT2D eigenvalue weighted by atomic mass is 10.0. The van der Waals surface area contributed by atoms with Gasteiger partial charge in [0, 0.05) is 11.1 Å². The third-order valence-corrected chi connectivity index (χ3v) is 5.67. The highest BCUT2D eigenvalue weighted by molar-refractivity contribution is 7.99. The standard InChI is InChI=1S/C22H24N4O2S/c1-14(2)17-9-8-15(3)10-20(17)28-11-16(27)12-29-22-24-21-18-6-4-5-7-19(18)23-13-26(21)25-22/h4-10,13-14,16,27H,11-12H2,1-3H3/t16-/m0/s1. The van der Waals surface area contributed by atoms with Crippen LogP contribution in [0.5, 0.6) is 5.75 Å². The molecule has 7 heteroatoms. The number of hydrogen-bond donors (Lipinski definition) is 1. The van der Waals surface area contributed by atoms with Gasteiger partial charge in [0.25, 0.3) is 0 Å². The van der Waals surface area contributed by atoms with Gasteiger partial charge in [-0.3, -0.25) is 0 Å². The van der Waals surface area contributed by atoms with E-state index in [0.717, 1.165) is 33.4 Å². The predicted molar refractivity (Wildman–Crippen MR) is 116 cm³/mol. The molecule has 0 aliphatic rings. The highest BCUT2D eigenvalue weighted by Gasteiger charge is 2.14. The Morgan fingerprint density at radius 3 is 2.83 bits per heavy atom. The Morgan fingerprint density at radius 1 is 1.17 bits per heavy atom. The molecule has 150 valence electrons. The van der Waals surface area contributed by atoms with Crippen molar-refractivity contribution in [2.45, 2.75) is 37.9 Å². The summed E-state index contributed by atoms with van der Waals surface area (Å²) >= 11 is 1.41. The van der Waals surface area contributed by atoms with Gasteiger partial charge in [-0.1, -0.05) is 49.9 Å². The summed E-state index contributed by atoms with van der Waals surface area (Å²) in [7, 11) is 0. The number of para-hydroxylation sites is 1. The molecular weight excluding hydrogens is 384 g/mol. The molecule has 4 aromatic rings. The highest BCUT2D eigenvalue weighted by atomic mass is 32.2. The van der Waals surface area contributed by atoms with Crippen molar-refractivity contribution in [1.29, 1.82) is 0 Å². The number of fused-ring (bicyclic) bond motifs is 3. The van der Waals surface area contributed by atoms with Crippen LogP contribution in [-0.4, -0.2) is 43.2 Å². The Hall–Kier alpha value is -2.64. The molecule has 0 saturated heterocycles. The first-order chi connectivity index (χ1) is 14.0. The van der Waals surface area contributed by atoms with Crippen LogP contribution in [0.15, 0.2) is 53.9 Å². The van der Waals surface area contributed by atoms with Gasteiger partial charge < -0.3 is 9.84 Å². The third kappa shape index (κ3) is 4.36. The van der Waals surface area contributed by atoms with Crippen LogP contribution in [0.3, 0.4) is 0 Å². The monoisotopic (exact) mass is 408 g/mol. The SMILES string of the molecule is Cc1ccc(C(C)C)c(OC[C@H](O)CSc2nc3c4ccccc4ncn3n2)c1. The van der Waals surface area contributed by atoms with Crippen LogP contribution in [0.4, 0.5) is 0 Å². The molecular formula is C22H24N4O2S. The molecule has 0 amide bonds. The number of aliphatic hydroxyl groups is 1. The minimum absolute atomic E-state index is 0.230. The first-order valence-electron chi connectivity index (χ1n) is 9.65. The van der Waals surface area contributed by atoms with Gasteiger partial charge >= 0.3 is 0 Å². The Labute approximate surface area is 174 Å². The van der Waals surface area contributed by atoms with E-state index in [0.29, 0.717) is 16.8 Å². The van der Waals surface area contributed by atoms with E-state index in [1.165, 1.54) is 11.8 Å². The molecule has 2 heterocycles. The first kappa shape index (κ1) is 19.7. The van der Waals surface area contributed by atoms with Gasteiger partial charge in [0.2, 0.25) is 5.16 Å². The van der Waals surface area contributed by atoms with Crippen LogP contribution in [-0.2, 0) is 0 Å². The van der Waals surface area contributed by atoms with Gasteiger partial charge in [0.05, 0.1) is 11.6 Å². The molecule has 4 rings (SSSR count). The smallest absolute Gasteiger partial charge is 0.209 e. The number of thioether (sulfide) groups is 1. The van der Waals surface area contributed by atoms with Crippen LogP contribution in [0.1, 0.15) is 30.9 Å². The molecule has 2 aromatic heterocycles. The van der Waals surface area contributed by atoms with E-state index in [-0.39, 0.29) is 6.61 Å². The first-order valence-corrected chi connectivity index (χ1v) is 10.6. The second-order valence-electron chi connectivity index (χ2n) is 7.40. The third-order valence-electron chi connectivity index (χ3n) is 4.69. The van der Waals surface area contributed by atoms with E-state index in [1.807, 2.05) is 37.3 Å². The molecule has 0 saturated carbocycles. The maximum atomic E-state index is 10.4. The second kappa shape index (κ2) is 8.39. The number of hydrogen-bond acceptors (Lipinski definition) is 6. The van der Waals surface area contributed by atoms with Crippen molar-refractivity contribution in [2.24, 2.45) is 0 Å². The summed E-state index contributed by atoms with van der Waals surface area (Å²) in [4.78, 5) is 9.00. The van der Waals surface area contributed by atoms with Crippen molar-refractivity contribution in [3.05, 3.63) is 59.9 Å². The summed E-state index contributed by atoms with van der Waals surface area (Å²) in [6, 6.07) is 14.1. The molecule has 0 unspecified atom stereocenters. The fourth-order valence-corrected chi connectivity index (χ4v) is 3.90. The van der Waals surface area contributed by atoms with Crippen molar-refractivity contribution >= 4 is 28.3 Å². The van der Waals surface area contributed by atoms with E-state index < -0.39 is 6.10 Å². The Bertz CT molecular complexity index is 1140. The topological polar surface area (TPSA) is 72.5 Å². The van der Waals surface area contributed by atoms with Crippen LogP contribution >= 0.6 is 11.8 Å². The van der Waals surface area contributed by atoms with Crippen LogP contribution in [0.2, 0.25) is 0 Å². The van der Waals surface area contributed by atoms with Crippen molar-refractivity contribution in [2.75, 3.05) is 12.4 Å². The van der Waals surface area contributed by atoms with Crippen molar-refractivity contribution in [1.82, 2.24) is 19.6 Å². The van der Waals surface area contributed by atoms with Crippen LogP contribution < -0.4 is 4.74 Å². The number of nitrogens with zero attached hydrogens (tertiary/aromatic N) is 4. The quantitative estimate of drug-likeness (QED) is 0.461. The summed E-state index contributed by atoms with van der Waals surface area (Å²) in [5.74, 6) is 1.65. The minimum atomic E-state index is -0.623. The molecule has 29 heavy (non-hydrogen) atoms. The normalized spacial score (nSPS) is 12.7. The van der Waals surface area contributed by atoms with Gasteiger partial charge in [0.15, 0.2) is 5.65 Å². The van der Waals surface area contributed by atoms with Crippen LogP contribution in [0, 0.1) is 6.92 Å². The lowest BCUT2D eigenvalue weighted by Crippen LogP contribution is -2.20. The summed E-state index contributed by atoms with van der Waals surface area (Å²) in [6.45, 7) is 6.54. The fourth-order valence-electron chi connectivity index (χ4n) is 3.17. The number of aryl methyl sites for hydroxylation is 1. The number of aromatic nitrogens is 4. The number of ether oxygens (including phenoxy) is 1. The minimum Gasteiger partial charge on any atom is -0.491 e. The Morgan fingerprint density at radius 2 is 2.00 bits per heavy atom. The zero-order valence-corrected chi connectivity index (χ0v) is 17.6. The summed E-state index contributed by atoms with van der Waals surface area (Å²) in [5, 5.41) is 16.4. The molecule has 0 radical (unpaired) electrons. The van der Waals surface area contributed by atoms with E-state index in [4.69, 9.17) is 4.74 Å². The molecule has 6 nitrogen and oxygen atoms in total. The van der Waals surface area contributed by atoms with Crippen LogP contribution in [0.25, 0.3) is 16.6 Å². The average Bonchev–Trinajstić information content (AvgIpc) is 3.14. The number of aliphatic hydroxyl groups excluding tert-OH is 1. The van der Waals surface area contributed by atoms with E-state index in [1.54, 1.807) is 10.8 Å². The zero-order valence-electron chi connectivity index (χ0n) is 16.7. The molecule has 0 fully saturated rings. The number of benzene rings is 2. The Balaban J connectivity index is 1.41. The molecule has 2 aromatic carbocycles. The molecule has 1 atom stereocenters. The molecule has 0 aliphatic heterocycles. The fraction of sp³-hybridized carbons (Fsp3) is 0.318. The van der Waals surface area contributed by atoms with Gasteiger partial charge in [-0.2, -0.15) is 0 Å².